The van der Waals surface area contributed by atoms with E-state index in [-0.39, 0.29) is 5.82 Å². The number of benzene rings is 2. The lowest BCUT2D eigenvalue weighted by atomic mass is 10.1. The Labute approximate surface area is 116 Å². The Morgan fingerprint density at radius 2 is 1.80 bits per heavy atom. The number of halogens is 1. The van der Waals surface area contributed by atoms with Crippen LogP contribution in [0.4, 0.5) is 10.2 Å². The largest absolute Gasteiger partial charge is 0.384 e. The van der Waals surface area contributed by atoms with E-state index in [4.69, 9.17) is 5.73 Å². The first kappa shape index (κ1) is 12.4. The van der Waals surface area contributed by atoms with Crippen molar-refractivity contribution in [2.24, 2.45) is 0 Å². The zero-order chi connectivity index (χ0) is 14.1. The van der Waals surface area contributed by atoms with Gasteiger partial charge in [0.2, 0.25) is 0 Å². The molecule has 1 heterocycles. The second kappa shape index (κ2) is 4.81. The highest BCUT2D eigenvalue weighted by Crippen LogP contribution is 2.24. The number of hydrogen-bond acceptors (Lipinski definition) is 2. The van der Waals surface area contributed by atoms with Crippen molar-refractivity contribution >= 4 is 5.82 Å². The number of nitrogens with two attached hydrogens (primary N) is 1. The SMILES string of the molecule is Cc1cc(F)cc(-c2cc(N)n(-c3ccccc3)n2)c1. The second-order valence-electron chi connectivity index (χ2n) is 4.72. The molecule has 2 N–H and O–H groups in total. The summed E-state index contributed by atoms with van der Waals surface area (Å²) in [6, 6.07) is 16.2. The average Bonchev–Trinajstić information content (AvgIpc) is 2.81. The summed E-state index contributed by atoms with van der Waals surface area (Å²) >= 11 is 0. The molecule has 0 atom stereocenters. The molecule has 0 spiro atoms. The van der Waals surface area contributed by atoms with E-state index in [0.717, 1.165) is 16.8 Å². The van der Waals surface area contributed by atoms with Crippen LogP contribution in [-0.4, -0.2) is 9.78 Å². The van der Waals surface area contributed by atoms with Gasteiger partial charge in [-0.15, -0.1) is 0 Å². The lowest BCUT2D eigenvalue weighted by Gasteiger charge is -2.03. The molecule has 20 heavy (non-hydrogen) atoms. The summed E-state index contributed by atoms with van der Waals surface area (Å²) in [6.45, 7) is 1.85. The molecule has 0 amide bonds. The third kappa shape index (κ3) is 2.28. The lowest BCUT2D eigenvalue weighted by molar-refractivity contribution is 0.627. The van der Waals surface area contributed by atoms with Crippen LogP contribution in [0.15, 0.2) is 54.6 Å². The van der Waals surface area contributed by atoms with Gasteiger partial charge in [-0.1, -0.05) is 18.2 Å². The van der Waals surface area contributed by atoms with Gasteiger partial charge in [0.15, 0.2) is 0 Å². The van der Waals surface area contributed by atoms with E-state index >= 15 is 0 Å². The number of nitrogen functional groups attached to an aromatic ring is 1. The molecule has 4 heteroatoms. The van der Waals surface area contributed by atoms with Gasteiger partial charge < -0.3 is 5.73 Å². The zero-order valence-electron chi connectivity index (χ0n) is 11.0. The first-order valence-electron chi connectivity index (χ1n) is 6.32. The Bertz CT molecular complexity index is 727. The fourth-order valence-corrected chi connectivity index (χ4v) is 2.20. The fraction of sp³-hybridized carbons (Fsp3) is 0.0625. The first-order valence-corrected chi connectivity index (χ1v) is 6.32. The maximum atomic E-state index is 13.5. The molecule has 3 rings (SSSR count). The van der Waals surface area contributed by atoms with Crippen molar-refractivity contribution in [3.05, 3.63) is 66.0 Å². The number of rotatable bonds is 2. The van der Waals surface area contributed by atoms with Crippen LogP contribution < -0.4 is 5.73 Å². The Kier molecular flexibility index (Phi) is 2.99. The summed E-state index contributed by atoms with van der Waals surface area (Å²) in [4.78, 5) is 0. The van der Waals surface area contributed by atoms with Crippen molar-refractivity contribution < 1.29 is 4.39 Å². The summed E-state index contributed by atoms with van der Waals surface area (Å²) in [5.41, 5.74) is 9.11. The van der Waals surface area contributed by atoms with Gasteiger partial charge in [0.25, 0.3) is 0 Å². The van der Waals surface area contributed by atoms with Crippen molar-refractivity contribution in [3.8, 4) is 16.9 Å². The van der Waals surface area contributed by atoms with Gasteiger partial charge >= 0.3 is 0 Å². The van der Waals surface area contributed by atoms with Crippen molar-refractivity contribution in [2.45, 2.75) is 6.92 Å². The molecule has 0 aliphatic carbocycles. The van der Waals surface area contributed by atoms with Gasteiger partial charge in [-0.2, -0.15) is 5.10 Å². The van der Waals surface area contributed by atoms with Crippen molar-refractivity contribution in [1.29, 1.82) is 0 Å². The van der Waals surface area contributed by atoms with E-state index in [1.54, 1.807) is 10.7 Å². The smallest absolute Gasteiger partial charge is 0.127 e. The minimum Gasteiger partial charge on any atom is -0.384 e. The van der Waals surface area contributed by atoms with Crippen molar-refractivity contribution in [2.75, 3.05) is 5.73 Å². The molecule has 0 bridgehead atoms. The predicted molar refractivity (Wildman–Crippen MR) is 78.1 cm³/mol. The topological polar surface area (TPSA) is 43.8 Å². The molecule has 0 unspecified atom stereocenters. The van der Waals surface area contributed by atoms with Crippen molar-refractivity contribution in [3.63, 3.8) is 0 Å². The van der Waals surface area contributed by atoms with Crippen LogP contribution in [0.1, 0.15) is 5.56 Å². The Balaban J connectivity index is 2.09. The van der Waals surface area contributed by atoms with Gasteiger partial charge in [-0.3, -0.25) is 0 Å². The molecular weight excluding hydrogens is 253 g/mol. The number of nitrogens with zero attached hydrogens (tertiary/aromatic N) is 2. The normalized spacial score (nSPS) is 10.7. The van der Waals surface area contributed by atoms with Crippen LogP contribution in [0.25, 0.3) is 16.9 Å². The Morgan fingerprint density at radius 3 is 2.50 bits per heavy atom. The monoisotopic (exact) mass is 267 g/mol. The molecule has 0 aliphatic rings. The number of aromatic nitrogens is 2. The molecule has 0 saturated carbocycles. The average molecular weight is 267 g/mol. The third-order valence-corrected chi connectivity index (χ3v) is 3.08. The maximum absolute atomic E-state index is 13.5. The molecule has 0 fully saturated rings. The number of para-hydroxylation sites is 1. The minimum atomic E-state index is -0.271. The van der Waals surface area contributed by atoms with Crippen LogP contribution in [-0.2, 0) is 0 Å². The van der Waals surface area contributed by atoms with E-state index in [1.807, 2.05) is 43.3 Å². The van der Waals surface area contributed by atoms with Crippen LogP contribution in [0, 0.1) is 12.7 Å². The molecule has 0 aliphatic heterocycles. The second-order valence-corrected chi connectivity index (χ2v) is 4.72. The quantitative estimate of drug-likeness (QED) is 0.771. The molecule has 2 aromatic carbocycles. The van der Waals surface area contributed by atoms with E-state index in [9.17, 15) is 4.39 Å². The molecule has 100 valence electrons. The van der Waals surface area contributed by atoms with Crippen LogP contribution >= 0.6 is 0 Å². The molecular formula is C16H14FN3. The summed E-state index contributed by atoms with van der Waals surface area (Å²) in [5.74, 6) is 0.251. The molecule has 0 radical (unpaired) electrons. The standard InChI is InChI=1S/C16H14FN3/c1-11-7-12(9-13(17)8-11)15-10-16(18)20(19-15)14-5-3-2-4-6-14/h2-10H,18H2,1H3. The highest BCUT2D eigenvalue weighted by atomic mass is 19.1. The van der Waals surface area contributed by atoms with Gasteiger partial charge in [0.05, 0.1) is 11.4 Å². The third-order valence-electron chi connectivity index (χ3n) is 3.08. The van der Waals surface area contributed by atoms with Crippen LogP contribution in [0.2, 0.25) is 0 Å². The summed E-state index contributed by atoms with van der Waals surface area (Å²) in [6.07, 6.45) is 0. The number of aryl methyl sites for hydroxylation is 1. The van der Waals surface area contributed by atoms with E-state index in [2.05, 4.69) is 5.10 Å². The highest BCUT2D eigenvalue weighted by molar-refractivity contribution is 5.64. The van der Waals surface area contributed by atoms with Crippen LogP contribution in [0.3, 0.4) is 0 Å². The number of hydrogen-bond donors (Lipinski definition) is 1. The molecule has 3 nitrogen and oxygen atoms in total. The lowest BCUT2D eigenvalue weighted by Crippen LogP contribution is -2.01. The molecule has 1 aromatic heterocycles. The minimum absolute atomic E-state index is 0.271. The fourth-order valence-electron chi connectivity index (χ4n) is 2.20. The molecule has 0 saturated heterocycles. The highest BCUT2D eigenvalue weighted by Gasteiger charge is 2.09. The Morgan fingerprint density at radius 1 is 1.05 bits per heavy atom. The van der Waals surface area contributed by atoms with Crippen molar-refractivity contribution in [1.82, 2.24) is 9.78 Å². The van der Waals surface area contributed by atoms with E-state index < -0.39 is 0 Å². The van der Waals surface area contributed by atoms with Gasteiger partial charge in [0.1, 0.15) is 11.6 Å². The van der Waals surface area contributed by atoms with E-state index in [0.29, 0.717) is 11.5 Å². The van der Waals surface area contributed by atoms with Gasteiger partial charge in [-0.25, -0.2) is 9.07 Å². The maximum Gasteiger partial charge on any atom is 0.127 e. The van der Waals surface area contributed by atoms with Gasteiger partial charge in [0, 0.05) is 11.6 Å². The van der Waals surface area contributed by atoms with Crippen LogP contribution in [0.5, 0.6) is 0 Å². The summed E-state index contributed by atoms with van der Waals surface area (Å²) < 4.78 is 15.1. The molecule has 3 aromatic rings. The summed E-state index contributed by atoms with van der Waals surface area (Å²) in [7, 11) is 0. The number of anilines is 1. The van der Waals surface area contributed by atoms with Gasteiger partial charge in [-0.05, 0) is 42.8 Å². The predicted octanol–water partition coefficient (Wildman–Crippen LogP) is 3.57. The Hall–Kier alpha value is -2.62. The van der Waals surface area contributed by atoms with E-state index in [1.165, 1.54) is 12.1 Å². The first-order chi connectivity index (χ1) is 9.63. The summed E-state index contributed by atoms with van der Waals surface area (Å²) in [5, 5.41) is 4.46. The zero-order valence-corrected chi connectivity index (χ0v) is 11.0.